The van der Waals surface area contributed by atoms with Crippen molar-refractivity contribution < 1.29 is 22.3 Å². The molecule has 166 valence electrons. The highest BCUT2D eigenvalue weighted by atomic mass is 19.3. The zero-order valence-corrected chi connectivity index (χ0v) is 17.6. The number of nitrogens with zero attached hydrogens (tertiary/aromatic N) is 1. The van der Waals surface area contributed by atoms with E-state index in [1.54, 1.807) is 12.1 Å². The van der Waals surface area contributed by atoms with Crippen LogP contribution in [0.25, 0.3) is 0 Å². The summed E-state index contributed by atoms with van der Waals surface area (Å²) in [5.41, 5.74) is 0.278. The molecular weight excluding hydrogens is 406 g/mol. The molecule has 0 aliphatic heterocycles. The maximum atomic E-state index is 14.5. The van der Waals surface area contributed by atoms with Crippen LogP contribution in [-0.2, 0) is 17.3 Å². The van der Waals surface area contributed by atoms with Crippen molar-refractivity contribution in [3.05, 3.63) is 70.3 Å². The van der Waals surface area contributed by atoms with Crippen LogP contribution in [-0.4, -0.2) is 6.61 Å². The summed E-state index contributed by atoms with van der Waals surface area (Å²) in [6, 6.07) is 9.49. The monoisotopic (exact) mass is 433 g/mol. The molecule has 0 unspecified atom stereocenters. The molecule has 0 saturated heterocycles. The van der Waals surface area contributed by atoms with E-state index >= 15 is 0 Å². The molecular formula is C25H27F4NO. The molecule has 1 aliphatic carbocycles. The summed E-state index contributed by atoms with van der Waals surface area (Å²) in [7, 11) is 0. The Bertz CT molecular complexity index is 930. The molecule has 6 heteroatoms. The number of hydrogen-bond donors (Lipinski definition) is 0. The fourth-order valence-corrected chi connectivity index (χ4v) is 4.39. The van der Waals surface area contributed by atoms with E-state index < -0.39 is 29.9 Å². The quantitative estimate of drug-likeness (QED) is 0.412. The van der Waals surface area contributed by atoms with Crippen molar-refractivity contribution in [3.63, 3.8) is 0 Å². The first-order valence-electron chi connectivity index (χ1n) is 10.8. The molecule has 31 heavy (non-hydrogen) atoms. The minimum absolute atomic E-state index is 0.0128. The maximum absolute atomic E-state index is 14.5. The van der Waals surface area contributed by atoms with Gasteiger partial charge in [0, 0.05) is 0 Å². The molecule has 1 fully saturated rings. The van der Waals surface area contributed by atoms with Crippen LogP contribution in [0.3, 0.4) is 0 Å². The van der Waals surface area contributed by atoms with Gasteiger partial charge < -0.3 is 4.74 Å². The molecule has 0 aromatic heterocycles. The SMILES string of the molecule is CCC[C@H]1CC[C@H](c2ccc(C(F)(F)OCCc3ccc(C#N)c(F)c3)c(F)c2)CC1. The fraction of sp³-hybridized carbons (Fsp3) is 0.480. The summed E-state index contributed by atoms with van der Waals surface area (Å²) in [6.07, 6.45) is 2.70. The standard InChI is InChI=1S/C25H27F4NO/c1-2-3-17-4-7-19(8-5-17)20-10-11-22(24(27)15-20)25(28,29)31-13-12-18-6-9-21(16-30)23(26)14-18/h6,9-11,14-15,17,19H,2-5,7-8,12-13H2,1H3/t17-,19-. The third-order valence-electron chi connectivity index (χ3n) is 6.15. The van der Waals surface area contributed by atoms with Crippen molar-refractivity contribution in [2.45, 2.75) is 63.9 Å². The van der Waals surface area contributed by atoms with Gasteiger partial charge in [0.05, 0.1) is 17.7 Å². The van der Waals surface area contributed by atoms with Crippen molar-refractivity contribution in [2.24, 2.45) is 5.92 Å². The highest BCUT2D eigenvalue weighted by Gasteiger charge is 2.36. The second kappa shape index (κ2) is 10.3. The Labute approximate surface area is 180 Å². The number of benzene rings is 2. The first-order chi connectivity index (χ1) is 14.8. The Balaban J connectivity index is 1.59. The van der Waals surface area contributed by atoms with Gasteiger partial charge in [0.1, 0.15) is 17.7 Å². The predicted molar refractivity (Wildman–Crippen MR) is 111 cm³/mol. The largest absolute Gasteiger partial charge is 0.386 e. The van der Waals surface area contributed by atoms with Crippen molar-refractivity contribution in [2.75, 3.05) is 6.61 Å². The summed E-state index contributed by atoms with van der Waals surface area (Å²) < 4.78 is 61.7. The molecule has 3 rings (SSSR count). The Kier molecular flexibility index (Phi) is 7.72. The Morgan fingerprint density at radius 2 is 1.77 bits per heavy atom. The average Bonchev–Trinajstić information content (AvgIpc) is 2.74. The van der Waals surface area contributed by atoms with E-state index in [4.69, 9.17) is 5.26 Å². The van der Waals surface area contributed by atoms with Gasteiger partial charge in [-0.05, 0) is 79.3 Å². The van der Waals surface area contributed by atoms with Crippen LogP contribution in [0, 0.1) is 28.9 Å². The van der Waals surface area contributed by atoms with Gasteiger partial charge >= 0.3 is 6.11 Å². The fourth-order valence-electron chi connectivity index (χ4n) is 4.39. The van der Waals surface area contributed by atoms with Gasteiger partial charge in [0.2, 0.25) is 0 Å². The van der Waals surface area contributed by atoms with Crippen LogP contribution in [0.2, 0.25) is 0 Å². The average molecular weight is 433 g/mol. The van der Waals surface area contributed by atoms with Gasteiger partial charge in [-0.3, -0.25) is 0 Å². The van der Waals surface area contributed by atoms with Gasteiger partial charge in [-0.1, -0.05) is 31.9 Å². The normalized spacial score (nSPS) is 19.2. The summed E-state index contributed by atoms with van der Waals surface area (Å²) in [6.45, 7) is 1.76. The smallest absolute Gasteiger partial charge is 0.316 e. The second-order valence-electron chi connectivity index (χ2n) is 8.29. The molecule has 1 saturated carbocycles. The molecule has 0 spiro atoms. The number of ether oxygens (including phenoxy) is 1. The molecule has 0 atom stereocenters. The first-order valence-corrected chi connectivity index (χ1v) is 10.8. The topological polar surface area (TPSA) is 33.0 Å². The zero-order chi connectivity index (χ0) is 22.4. The lowest BCUT2D eigenvalue weighted by atomic mass is 9.77. The highest BCUT2D eigenvalue weighted by Crippen LogP contribution is 2.39. The summed E-state index contributed by atoms with van der Waals surface area (Å²) in [4.78, 5) is 0. The lowest BCUT2D eigenvalue weighted by molar-refractivity contribution is -0.249. The van der Waals surface area contributed by atoms with Gasteiger partial charge in [-0.2, -0.15) is 14.0 Å². The highest BCUT2D eigenvalue weighted by molar-refractivity contribution is 5.33. The van der Waals surface area contributed by atoms with E-state index in [0.717, 1.165) is 49.8 Å². The van der Waals surface area contributed by atoms with E-state index in [0.29, 0.717) is 11.5 Å². The van der Waals surface area contributed by atoms with Crippen LogP contribution >= 0.6 is 0 Å². The van der Waals surface area contributed by atoms with Crippen LogP contribution < -0.4 is 0 Å². The van der Waals surface area contributed by atoms with Gasteiger partial charge in [0.25, 0.3) is 0 Å². The molecule has 0 amide bonds. The Morgan fingerprint density at radius 1 is 1.03 bits per heavy atom. The molecule has 2 aromatic rings. The van der Waals surface area contributed by atoms with Crippen molar-refractivity contribution in [3.8, 4) is 6.07 Å². The Hall–Kier alpha value is -2.39. The molecule has 0 bridgehead atoms. The third kappa shape index (κ3) is 5.86. The molecule has 0 heterocycles. The lowest BCUT2D eigenvalue weighted by Crippen LogP contribution is -2.22. The second-order valence-corrected chi connectivity index (χ2v) is 8.29. The molecule has 0 radical (unpaired) electrons. The lowest BCUT2D eigenvalue weighted by Gasteiger charge is -2.29. The summed E-state index contributed by atoms with van der Waals surface area (Å²) >= 11 is 0. The van der Waals surface area contributed by atoms with E-state index in [1.807, 2.05) is 0 Å². The Morgan fingerprint density at radius 3 is 2.39 bits per heavy atom. The first kappa shape index (κ1) is 23.3. The molecule has 2 aromatic carbocycles. The van der Waals surface area contributed by atoms with Gasteiger partial charge in [0.15, 0.2) is 0 Å². The van der Waals surface area contributed by atoms with Crippen LogP contribution in [0.5, 0.6) is 0 Å². The maximum Gasteiger partial charge on any atom is 0.386 e. The van der Waals surface area contributed by atoms with Crippen molar-refractivity contribution >= 4 is 0 Å². The zero-order valence-electron chi connectivity index (χ0n) is 17.6. The van der Waals surface area contributed by atoms with E-state index in [-0.39, 0.29) is 17.9 Å². The molecule has 2 nitrogen and oxygen atoms in total. The van der Waals surface area contributed by atoms with Crippen molar-refractivity contribution in [1.82, 2.24) is 0 Å². The van der Waals surface area contributed by atoms with Gasteiger partial charge in [-0.15, -0.1) is 0 Å². The van der Waals surface area contributed by atoms with E-state index in [2.05, 4.69) is 11.7 Å². The van der Waals surface area contributed by atoms with Gasteiger partial charge in [-0.25, -0.2) is 8.78 Å². The van der Waals surface area contributed by atoms with E-state index in [9.17, 15) is 17.6 Å². The van der Waals surface area contributed by atoms with Crippen molar-refractivity contribution in [1.29, 1.82) is 5.26 Å². The number of nitriles is 1. The summed E-state index contributed by atoms with van der Waals surface area (Å²) in [5, 5.41) is 8.73. The number of halogens is 4. The minimum atomic E-state index is -3.79. The molecule has 1 aliphatic rings. The summed E-state index contributed by atoms with van der Waals surface area (Å²) in [5.74, 6) is -0.759. The minimum Gasteiger partial charge on any atom is -0.316 e. The van der Waals surface area contributed by atoms with Crippen LogP contribution in [0.1, 0.15) is 73.6 Å². The van der Waals surface area contributed by atoms with Crippen LogP contribution in [0.4, 0.5) is 17.6 Å². The number of alkyl halides is 2. The molecule has 0 N–H and O–H groups in total. The predicted octanol–water partition coefficient (Wildman–Crippen LogP) is 7.22. The third-order valence-corrected chi connectivity index (χ3v) is 6.15. The number of hydrogen-bond acceptors (Lipinski definition) is 2. The van der Waals surface area contributed by atoms with E-state index in [1.165, 1.54) is 24.6 Å². The van der Waals surface area contributed by atoms with Crippen LogP contribution in [0.15, 0.2) is 36.4 Å². The number of rotatable bonds is 8.